The van der Waals surface area contributed by atoms with Crippen molar-refractivity contribution >= 4 is 11.5 Å². The van der Waals surface area contributed by atoms with E-state index in [0.717, 1.165) is 27.8 Å². The Kier molecular flexibility index (Phi) is 8.30. The van der Waals surface area contributed by atoms with Gasteiger partial charge in [0.15, 0.2) is 6.61 Å². The van der Waals surface area contributed by atoms with Crippen LogP contribution in [0.3, 0.4) is 0 Å². The molecule has 0 spiro atoms. The van der Waals surface area contributed by atoms with E-state index in [4.69, 9.17) is 14.6 Å². The molecule has 184 valence electrons. The predicted molar refractivity (Wildman–Crippen MR) is 140 cm³/mol. The summed E-state index contributed by atoms with van der Waals surface area (Å²) >= 11 is 0. The molecule has 6 heteroatoms. The predicted octanol–water partition coefficient (Wildman–Crippen LogP) is 5.90. The number of aromatic nitrogens is 1. The van der Waals surface area contributed by atoms with Crippen molar-refractivity contribution in [2.24, 2.45) is 0 Å². The molecule has 0 aliphatic rings. The van der Waals surface area contributed by atoms with Gasteiger partial charge in [0.2, 0.25) is 0 Å². The molecule has 1 aromatic heterocycles. The van der Waals surface area contributed by atoms with Crippen LogP contribution in [-0.2, 0) is 4.79 Å². The fraction of sp³-hybridized carbons (Fsp3) is 0.0968. The van der Waals surface area contributed by atoms with Gasteiger partial charge in [-0.25, -0.2) is 14.2 Å². The highest BCUT2D eigenvalue weighted by atomic mass is 19.1. The number of rotatable bonds is 8. The van der Waals surface area contributed by atoms with Gasteiger partial charge in [0.1, 0.15) is 29.6 Å². The molecule has 3 aromatic carbocycles. The molecular formula is C31H24FNO4. The van der Waals surface area contributed by atoms with Gasteiger partial charge in [-0.15, -0.1) is 0 Å². The first-order valence-corrected chi connectivity index (χ1v) is 11.6. The number of carbonyl (C=O) groups is 1. The summed E-state index contributed by atoms with van der Waals surface area (Å²) in [6, 6.07) is 24.9. The Morgan fingerprint density at radius 1 is 0.946 bits per heavy atom. The Morgan fingerprint density at radius 2 is 1.68 bits per heavy atom. The van der Waals surface area contributed by atoms with Gasteiger partial charge >= 0.3 is 5.97 Å². The maximum Gasteiger partial charge on any atom is 0.341 e. The SMILES string of the molecule is Cc1cc(OC/C=C(/c2ccc(F)cc2)c2ccc(C#Cc3ccccn3)cc2)ccc1OCC(=O)O. The number of benzene rings is 3. The van der Waals surface area contributed by atoms with Gasteiger partial charge in [-0.2, -0.15) is 0 Å². The fourth-order valence-electron chi connectivity index (χ4n) is 3.57. The highest BCUT2D eigenvalue weighted by Crippen LogP contribution is 2.26. The smallest absolute Gasteiger partial charge is 0.341 e. The molecule has 1 N–H and O–H groups in total. The van der Waals surface area contributed by atoms with Crippen molar-refractivity contribution < 1.29 is 23.8 Å². The number of carboxylic acids is 1. The van der Waals surface area contributed by atoms with Crippen LogP contribution >= 0.6 is 0 Å². The quantitative estimate of drug-likeness (QED) is 0.310. The fourth-order valence-corrected chi connectivity index (χ4v) is 3.57. The molecule has 0 radical (unpaired) electrons. The molecule has 4 rings (SSSR count). The zero-order chi connectivity index (χ0) is 26.0. The standard InChI is InChI=1S/C31H24FNO4/c1-22-20-28(15-16-30(22)37-21-31(34)35)36-19-17-29(25-10-12-26(32)13-11-25)24-8-5-23(6-9-24)7-14-27-4-2-3-18-33-27/h2-6,8-13,15-18,20H,19,21H2,1H3,(H,34,35)/b29-17+. The zero-order valence-corrected chi connectivity index (χ0v) is 20.1. The van der Waals surface area contributed by atoms with E-state index in [1.54, 1.807) is 36.5 Å². The number of aryl methyl sites for hydroxylation is 1. The monoisotopic (exact) mass is 493 g/mol. The molecule has 0 aliphatic heterocycles. The van der Waals surface area contributed by atoms with E-state index in [-0.39, 0.29) is 12.4 Å². The lowest BCUT2D eigenvalue weighted by atomic mass is 9.96. The Balaban J connectivity index is 1.52. The molecule has 0 saturated heterocycles. The minimum Gasteiger partial charge on any atom is -0.489 e. The lowest BCUT2D eigenvalue weighted by Crippen LogP contribution is -2.10. The number of nitrogens with zero attached hydrogens (tertiary/aromatic N) is 1. The van der Waals surface area contributed by atoms with Crippen LogP contribution in [0.15, 0.2) is 97.2 Å². The molecule has 0 saturated carbocycles. The summed E-state index contributed by atoms with van der Waals surface area (Å²) in [6.07, 6.45) is 3.64. The Labute approximate surface area is 214 Å². The molecule has 5 nitrogen and oxygen atoms in total. The number of hydrogen-bond acceptors (Lipinski definition) is 4. The topological polar surface area (TPSA) is 68.7 Å². The van der Waals surface area contributed by atoms with Gasteiger partial charge in [-0.3, -0.25) is 0 Å². The van der Waals surface area contributed by atoms with Gasteiger partial charge in [0, 0.05) is 11.8 Å². The Bertz CT molecular complexity index is 1450. The van der Waals surface area contributed by atoms with E-state index in [1.807, 2.05) is 55.5 Å². The second-order valence-corrected chi connectivity index (χ2v) is 8.09. The molecule has 0 atom stereocenters. The van der Waals surface area contributed by atoms with E-state index in [9.17, 15) is 9.18 Å². The highest BCUT2D eigenvalue weighted by Gasteiger charge is 2.08. The van der Waals surface area contributed by atoms with Crippen LogP contribution in [0.1, 0.15) is 27.9 Å². The molecule has 1 heterocycles. The van der Waals surface area contributed by atoms with E-state index in [1.165, 1.54) is 12.1 Å². The minimum atomic E-state index is -1.04. The maximum atomic E-state index is 13.6. The maximum absolute atomic E-state index is 13.6. The summed E-state index contributed by atoms with van der Waals surface area (Å²) in [5, 5.41) is 8.79. The molecule has 37 heavy (non-hydrogen) atoms. The van der Waals surface area contributed by atoms with Crippen molar-refractivity contribution in [1.82, 2.24) is 4.98 Å². The molecule has 0 bridgehead atoms. The number of aliphatic carboxylic acids is 1. The average molecular weight is 494 g/mol. The first-order valence-electron chi connectivity index (χ1n) is 11.6. The summed E-state index contributed by atoms with van der Waals surface area (Å²) in [6.45, 7) is 1.68. The van der Waals surface area contributed by atoms with Gasteiger partial charge in [-0.05, 0) is 95.8 Å². The van der Waals surface area contributed by atoms with Crippen LogP contribution in [0.5, 0.6) is 11.5 Å². The third-order valence-electron chi connectivity index (χ3n) is 5.39. The normalized spacial score (nSPS) is 10.8. The van der Waals surface area contributed by atoms with Crippen molar-refractivity contribution in [3.05, 3.63) is 131 Å². The van der Waals surface area contributed by atoms with Gasteiger partial charge in [0.25, 0.3) is 0 Å². The lowest BCUT2D eigenvalue weighted by Gasteiger charge is -2.12. The molecule has 0 aliphatic carbocycles. The Morgan fingerprint density at radius 3 is 2.32 bits per heavy atom. The molecule has 0 fully saturated rings. The summed E-state index contributed by atoms with van der Waals surface area (Å²) in [7, 11) is 0. The number of halogens is 1. The van der Waals surface area contributed by atoms with Crippen LogP contribution < -0.4 is 9.47 Å². The van der Waals surface area contributed by atoms with Gasteiger partial charge in [-0.1, -0.05) is 36.3 Å². The van der Waals surface area contributed by atoms with Crippen molar-refractivity contribution in [2.45, 2.75) is 6.92 Å². The third kappa shape index (κ3) is 7.30. The summed E-state index contributed by atoms with van der Waals surface area (Å²) < 4.78 is 24.8. The molecular weight excluding hydrogens is 469 g/mol. The van der Waals surface area contributed by atoms with Crippen molar-refractivity contribution in [2.75, 3.05) is 13.2 Å². The lowest BCUT2D eigenvalue weighted by molar-refractivity contribution is -0.139. The van der Waals surface area contributed by atoms with Gasteiger partial charge < -0.3 is 14.6 Å². The first-order chi connectivity index (χ1) is 18.0. The summed E-state index contributed by atoms with van der Waals surface area (Å²) in [5.41, 5.74) is 5.00. The highest BCUT2D eigenvalue weighted by molar-refractivity contribution is 5.80. The van der Waals surface area contributed by atoms with Gasteiger partial charge in [0.05, 0.1) is 0 Å². The van der Waals surface area contributed by atoms with Crippen molar-refractivity contribution in [1.29, 1.82) is 0 Å². The van der Waals surface area contributed by atoms with Crippen molar-refractivity contribution in [3.8, 4) is 23.3 Å². The number of carboxylic acid groups (broad SMARTS) is 1. The van der Waals surface area contributed by atoms with E-state index >= 15 is 0 Å². The van der Waals surface area contributed by atoms with Crippen LogP contribution in [0, 0.1) is 24.6 Å². The van der Waals surface area contributed by atoms with Crippen LogP contribution in [0.25, 0.3) is 5.57 Å². The number of ether oxygens (including phenoxy) is 2. The molecule has 0 unspecified atom stereocenters. The third-order valence-corrected chi connectivity index (χ3v) is 5.39. The van der Waals surface area contributed by atoms with E-state index < -0.39 is 12.6 Å². The van der Waals surface area contributed by atoms with Crippen LogP contribution in [0.2, 0.25) is 0 Å². The zero-order valence-electron chi connectivity index (χ0n) is 20.1. The second-order valence-electron chi connectivity index (χ2n) is 8.09. The van der Waals surface area contributed by atoms with E-state index in [0.29, 0.717) is 17.2 Å². The minimum absolute atomic E-state index is 0.267. The first kappa shape index (κ1) is 25.2. The largest absolute Gasteiger partial charge is 0.489 e. The van der Waals surface area contributed by atoms with Crippen LogP contribution in [-0.4, -0.2) is 29.3 Å². The molecule has 0 amide bonds. The summed E-state index contributed by atoms with van der Waals surface area (Å²) in [4.78, 5) is 14.9. The van der Waals surface area contributed by atoms with Crippen molar-refractivity contribution in [3.63, 3.8) is 0 Å². The molecule has 4 aromatic rings. The summed E-state index contributed by atoms with van der Waals surface area (Å²) in [5.74, 6) is 5.93. The number of hydrogen-bond donors (Lipinski definition) is 1. The van der Waals surface area contributed by atoms with Crippen LogP contribution in [0.4, 0.5) is 4.39 Å². The second kappa shape index (κ2) is 12.2. The number of pyridine rings is 1. The van der Waals surface area contributed by atoms with E-state index in [2.05, 4.69) is 16.8 Å². The Hall–Kier alpha value is -4.89. The average Bonchev–Trinajstić information content (AvgIpc) is 2.91.